The Morgan fingerprint density at radius 3 is 2.80 bits per heavy atom. The Bertz CT molecular complexity index is 1000. The summed E-state index contributed by atoms with van der Waals surface area (Å²) < 4.78 is 5.15. The van der Waals surface area contributed by atoms with Crippen LogP contribution in [0.2, 0.25) is 0 Å². The number of hydrogen-bond donors (Lipinski definition) is 1. The van der Waals surface area contributed by atoms with Crippen molar-refractivity contribution in [3.63, 3.8) is 0 Å². The van der Waals surface area contributed by atoms with Crippen LogP contribution in [0.25, 0.3) is 0 Å². The molecule has 1 aliphatic heterocycles. The maximum Gasteiger partial charge on any atom is 0.254 e. The quantitative estimate of drug-likeness (QED) is 0.608. The number of likely N-dealkylation sites (tertiary alicyclic amines) is 1. The van der Waals surface area contributed by atoms with Crippen molar-refractivity contribution in [3.05, 3.63) is 64.3 Å². The SMILES string of the molecule is CCc1nnc(Nc2cccc(C3CCCN3C(=O)c3ccc(COC)cc3)n2)s1. The lowest BCUT2D eigenvalue weighted by molar-refractivity contribution is 0.0733. The number of carbonyl (C=O) groups excluding carboxylic acids is 1. The minimum Gasteiger partial charge on any atom is -0.380 e. The van der Waals surface area contributed by atoms with Gasteiger partial charge < -0.3 is 15.0 Å². The fourth-order valence-corrected chi connectivity index (χ4v) is 4.34. The van der Waals surface area contributed by atoms with Crippen molar-refractivity contribution in [2.24, 2.45) is 0 Å². The number of anilines is 2. The molecule has 1 aromatic carbocycles. The highest BCUT2D eigenvalue weighted by molar-refractivity contribution is 7.15. The molecule has 2 aromatic heterocycles. The second kappa shape index (κ2) is 9.32. The third-order valence-electron chi connectivity index (χ3n) is 5.14. The van der Waals surface area contributed by atoms with Crippen molar-refractivity contribution in [1.82, 2.24) is 20.1 Å². The lowest BCUT2D eigenvalue weighted by Crippen LogP contribution is -2.31. The summed E-state index contributed by atoms with van der Waals surface area (Å²) >= 11 is 1.53. The number of aromatic nitrogens is 3. The Labute approximate surface area is 180 Å². The number of ether oxygens (including phenoxy) is 1. The highest BCUT2D eigenvalue weighted by atomic mass is 32.1. The first-order chi connectivity index (χ1) is 14.7. The second-order valence-electron chi connectivity index (χ2n) is 7.21. The molecule has 1 fully saturated rings. The summed E-state index contributed by atoms with van der Waals surface area (Å²) in [5.74, 6) is 0.757. The number of aryl methyl sites for hydroxylation is 1. The van der Waals surface area contributed by atoms with Gasteiger partial charge in [0.25, 0.3) is 5.91 Å². The zero-order valence-corrected chi connectivity index (χ0v) is 18.0. The minimum absolute atomic E-state index is 0.0291. The fourth-order valence-electron chi connectivity index (χ4n) is 3.66. The Morgan fingerprint density at radius 1 is 1.23 bits per heavy atom. The van der Waals surface area contributed by atoms with Crippen LogP contribution in [0.4, 0.5) is 10.9 Å². The second-order valence-corrected chi connectivity index (χ2v) is 8.28. The van der Waals surface area contributed by atoms with Gasteiger partial charge in [0.05, 0.1) is 18.3 Å². The molecule has 0 radical (unpaired) electrons. The zero-order chi connectivity index (χ0) is 20.9. The van der Waals surface area contributed by atoms with Crippen LogP contribution < -0.4 is 5.32 Å². The smallest absolute Gasteiger partial charge is 0.254 e. The van der Waals surface area contributed by atoms with E-state index in [-0.39, 0.29) is 11.9 Å². The number of nitrogens with zero attached hydrogens (tertiary/aromatic N) is 4. The van der Waals surface area contributed by atoms with E-state index in [1.165, 1.54) is 11.3 Å². The summed E-state index contributed by atoms with van der Waals surface area (Å²) in [6.45, 7) is 3.33. The number of amides is 1. The first kappa shape index (κ1) is 20.4. The molecule has 3 aromatic rings. The molecule has 0 saturated carbocycles. The van der Waals surface area contributed by atoms with Crippen molar-refractivity contribution >= 4 is 28.2 Å². The van der Waals surface area contributed by atoms with Crippen LogP contribution in [-0.4, -0.2) is 39.6 Å². The number of pyridine rings is 1. The molecule has 0 spiro atoms. The number of benzene rings is 1. The van der Waals surface area contributed by atoms with Crippen molar-refractivity contribution in [1.29, 1.82) is 0 Å². The van der Waals surface area contributed by atoms with E-state index in [1.54, 1.807) is 7.11 Å². The molecule has 1 saturated heterocycles. The van der Waals surface area contributed by atoms with Gasteiger partial charge in [0, 0.05) is 19.2 Å². The molecule has 3 heterocycles. The van der Waals surface area contributed by atoms with E-state index < -0.39 is 0 Å². The van der Waals surface area contributed by atoms with E-state index in [4.69, 9.17) is 9.72 Å². The number of nitrogens with one attached hydrogen (secondary N) is 1. The lowest BCUT2D eigenvalue weighted by atomic mass is 10.1. The van der Waals surface area contributed by atoms with Crippen molar-refractivity contribution in [3.8, 4) is 0 Å². The van der Waals surface area contributed by atoms with E-state index in [9.17, 15) is 4.79 Å². The van der Waals surface area contributed by atoms with Gasteiger partial charge >= 0.3 is 0 Å². The molecule has 1 N–H and O–H groups in total. The van der Waals surface area contributed by atoms with Gasteiger partial charge in [-0.3, -0.25) is 4.79 Å². The van der Waals surface area contributed by atoms with Crippen LogP contribution in [0.1, 0.15) is 52.4 Å². The average Bonchev–Trinajstić information content (AvgIpc) is 3.44. The molecule has 0 bridgehead atoms. The molecule has 0 aliphatic carbocycles. The molecule has 8 heteroatoms. The maximum atomic E-state index is 13.1. The third kappa shape index (κ3) is 4.49. The third-order valence-corrected chi connectivity index (χ3v) is 6.12. The van der Waals surface area contributed by atoms with Crippen molar-refractivity contribution in [2.75, 3.05) is 19.0 Å². The van der Waals surface area contributed by atoms with Gasteiger partial charge in [0.15, 0.2) is 0 Å². The van der Waals surface area contributed by atoms with Crippen LogP contribution in [0.5, 0.6) is 0 Å². The zero-order valence-electron chi connectivity index (χ0n) is 17.2. The Morgan fingerprint density at radius 2 is 2.07 bits per heavy atom. The molecule has 156 valence electrons. The van der Waals surface area contributed by atoms with Crippen LogP contribution in [0.15, 0.2) is 42.5 Å². The molecule has 1 amide bonds. The van der Waals surface area contributed by atoms with Gasteiger partial charge in [-0.1, -0.05) is 36.5 Å². The maximum absolute atomic E-state index is 13.1. The molecule has 30 heavy (non-hydrogen) atoms. The van der Waals surface area contributed by atoms with E-state index in [0.29, 0.717) is 12.2 Å². The van der Waals surface area contributed by atoms with Gasteiger partial charge in [-0.05, 0) is 49.1 Å². The van der Waals surface area contributed by atoms with Crippen LogP contribution in [-0.2, 0) is 17.8 Å². The van der Waals surface area contributed by atoms with Crippen LogP contribution in [0, 0.1) is 0 Å². The van der Waals surface area contributed by atoms with E-state index >= 15 is 0 Å². The number of rotatable bonds is 7. The highest BCUT2D eigenvalue weighted by Gasteiger charge is 2.31. The van der Waals surface area contributed by atoms with Gasteiger partial charge in [-0.2, -0.15) is 0 Å². The van der Waals surface area contributed by atoms with Crippen LogP contribution >= 0.6 is 11.3 Å². The summed E-state index contributed by atoms with van der Waals surface area (Å²) in [6, 6.07) is 13.5. The highest BCUT2D eigenvalue weighted by Crippen LogP contribution is 2.33. The minimum atomic E-state index is -0.0291. The van der Waals surface area contributed by atoms with Crippen molar-refractivity contribution in [2.45, 2.75) is 38.8 Å². The number of methoxy groups -OCH3 is 1. The van der Waals surface area contributed by atoms with Gasteiger partial charge in [-0.15, -0.1) is 10.2 Å². The number of hydrogen-bond acceptors (Lipinski definition) is 7. The molecule has 1 atom stereocenters. The summed E-state index contributed by atoms with van der Waals surface area (Å²) in [5.41, 5.74) is 2.63. The van der Waals surface area contributed by atoms with Gasteiger partial charge in [0.1, 0.15) is 10.8 Å². The fraction of sp³-hybridized carbons (Fsp3) is 0.364. The van der Waals surface area contributed by atoms with Gasteiger partial charge in [0.2, 0.25) is 5.13 Å². The first-order valence-corrected chi connectivity index (χ1v) is 10.9. The normalized spacial score (nSPS) is 16.1. The Hall–Kier alpha value is -2.84. The van der Waals surface area contributed by atoms with Crippen molar-refractivity contribution < 1.29 is 9.53 Å². The molecular formula is C22H25N5O2S. The van der Waals surface area contributed by atoms with Crippen LogP contribution in [0.3, 0.4) is 0 Å². The summed E-state index contributed by atoms with van der Waals surface area (Å²) in [5, 5.41) is 13.2. The van der Waals surface area contributed by atoms with E-state index in [0.717, 1.165) is 53.0 Å². The first-order valence-electron chi connectivity index (χ1n) is 10.1. The summed E-state index contributed by atoms with van der Waals surface area (Å²) in [4.78, 5) is 19.8. The molecule has 1 aliphatic rings. The molecule has 4 rings (SSSR count). The van der Waals surface area contributed by atoms with E-state index in [2.05, 4.69) is 22.4 Å². The molecular weight excluding hydrogens is 398 g/mol. The number of carbonyl (C=O) groups is 1. The molecule has 1 unspecified atom stereocenters. The monoisotopic (exact) mass is 423 g/mol. The predicted molar refractivity (Wildman–Crippen MR) is 117 cm³/mol. The summed E-state index contributed by atoms with van der Waals surface area (Å²) in [6.07, 6.45) is 2.73. The Kier molecular flexibility index (Phi) is 6.35. The topological polar surface area (TPSA) is 80.2 Å². The largest absolute Gasteiger partial charge is 0.380 e. The Balaban J connectivity index is 1.50. The standard InChI is InChI=1S/C22H25N5O2S/c1-3-20-25-26-22(30-20)24-19-8-4-6-17(23-19)18-7-5-13-27(18)21(28)16-11-9-15(10-12-16)14-29-2/h4,6,8-12,18H,3,5,7,13-14H2,1-2H3,(H,23,24,26). The van der Waals surface area contributed by atoms with E-state index in [1.807, 2.05) is 47.4 Å². The molecule has 7 nitrogen and oxygen atoms in total. The summed E-state index contributed by atoms with van der Waals surface area (Å²) in [7, 11) is 1.66. The average molecular weight is 424 g/mol. The lowest BCUT2D eigenvalue weighted by Gasteiger charge is -2.25. The van der Waals surface area contributed by atoms with Gasteiger partial charge in [-0.25, -0.2) is 4.98 Å². The predicted octanol–water partition coefficient (Wildman–Crippen LogP) is 4.36.